The first-order valence-electron chi connectivity index (χ1n) is 9.21. The minimum absolute atomic E-state index is 0.0711. The molecular formula is C19H28N4O2. The van der Waals surface area contributed by atoms with Crippen LogP contribution in [0, 0.1) is 12.8 Å². The topological polar surface area (TPSA) is 64.2 Å². The molecule has 1 aliphatic rings. The van der Waals surface area contributed by atoms with E-state index in [-0.39, 0.29) is 5.56 Å². The van der Waals surface area contributed by atoms with Crippen molar-refractivity contribution in [3.63, 3.8) is 0 Å². The van der Waals surface area contributed by atoms with Gasteiger partial charge in [-0.05, 0) is 37.8 Å². The maximum Gasteiger partial charge on any atom is 0.253 e. The minimum Gasteiger partial charge on any atom is -0.446 e. The molecule has 1 fully saturated rings. The molecule has 0 bridgehead atoms. The molecule has 3 rings (SSSR count). The fourth-order valence-electron chi connectivity index (χ4n) is 3.35. The number of piperidine rings is 1. The summed E-state index contributed by atoms with van der Waals surface area (Å²) in [6.45, 7) is 9.92. The number of likely N-dealkylation sites (tertiary alicyclic amines) is 1. The summed E-state index contributed by atoms with van der Waals surface area (Å²) in [6, 6.07) is 1.68. The minimum atomic E-state index is 0.0711. The highest BCUT2D eigenvalue weighted by atomic mass is 16.4. The Morgan fingerprint density at radius 2 is 2.04 bits per heavy atom. The van der Waals surface area contributed by atoms with Crippen LogP contribution in [0.5, 0.6) is 0 Å². The van der Waals surface area contributed by atoms with Crippen LogP contribution in [0.25, 0.3) is 0 Å². The molecule has 2 aromatic heterocycles. The van der Waals surface area contributed by atoms with E-state index in [4.69, 9.17) is 4.42 Å². The fourth-order valence-corrected chi connectivity index (χ4v) is 3.35. The summed E-state index contributed by atoms with van der Waals surface area (Å²) < 4.78 is 7.30. The summed E-state index contributed by atoms with van der Waals surface area (Å²) in [5.74, 6) is 2.53. The molecule has 0 unspecified atom stereocenters. The summed E-state index contributed by atoms with van der Waals surface area (Å²) in [7, 11) is 0. The van der Waals surface area contributed by atoms with Crippen molar-refractivity contribution in [3.8, 4) is 0 Å². The van der Waals surface area contributed by atoms with Crippen LogP contribution in [0.3, 0.4) is 0 Å². The van der Waals surface area contributed by atoms with Crippen molar-refractivity contribution in [1.29, 1.82) is 0 Å². The van der Waals surface area contributed by atoms with Crippen molar-refractivity contribution in [2.45, 2.75) is 52.5 Å². The first kappa shape index (κ1) is 17.9. The Kier molecular flexibility index (Phi) is 5.68. The third kappa shape index (κ3) is 4.78. The van der Waals surface area contributed by atoms with Crippen molar-refractivity contribution in [2.75, 3.05) is 19.6 Å². The van der Waals surface area contributed by atoms with Gasteiger partial charge in [0, 0.05) is 32.5 Å². The summed E-state index contributed by atoms with van der Waals surface area (Å²) in [5, 5.41) is 0. The zero-order valence-corrected chi connectivity index (χ0v) is 15.4. The van der Waals surface area contributed by atoms with Crippen molar-refractivity contribution < 1.29 is 4.42 Å². The molecule has 0 atom stereocenters. The molecule has 0 saturated carbocycles. The number of rotatable bonds is 6. The molecule has 0 radical (unpaired) electrons. The lowest BCUT2D eigenvalue weighted by molar-refractivity contribution is 0.172. The van der Waals surface area contributed by atoms with Crippen LogP contribution in [-0.2, 0) is 13.0 Å². The summed E-state index contributed by atoms with van der Waals surface area (Å²) in [6.07, 6.45) is 6.69. The van der Waals surface area contributed by atoms with Crippen LogP contribution in [0.4, 0.5) is 0 Å². The highest BCUT2D eigenvalue weighted by molar-refractivity contribution is 5.04. The van der Waals surface area contributed by atoms with Gasteiger partial charge in [-0.2, -0.15) is 0 Å². The van der Waals surface area contributed by atoms with Crippen molar-refractivity contribution in [1.82, 2.24) is 19.4 Å². The van der Waals surface area contributed by atoms with Gasteiger partial charge in [0.1, 0.15) is 5.76 Å². The molecule has 25 heavy (non-hydrogen) atoms. The van der Waals surface area contributed by atoms with Crippen LogP contribution in [0.2, 0.25) is 0 Å². The van der Waals surface area contributed by atoms with Crippen molar-refractivity contribution in [2.24, 2.45) is 5.92 Å². The molecule has 0 spiro atoms. The first-order valence-corrected chi connectivity index (χ1v) is 9.21. The summed E-state index contributed by atoms with van der Waals surface area (Å²) in [4.78, 5) is 23.3. The zero-order chi connectivity index (χ0) is 17.8. The van der Waals surface area contributed by atoms with Gasteiger partial charge in [0.15, 0.2) is 5.89 Å². The van der Waals surface area contributed by atoms with Gasteiger partial charge in [0.25, 0.3) is 5.56 Å². The van der Waals surface area contributed by atoms with Gasteiger partial charge in [-0.15, -0.1) is 0 Å². The van der Waals surface area contributed by atoms with Crippen LogP contribution in [-0.4, -0.2) is 39.1 Å². The maximum absolute atomic E-state index is 12.2. The van der Waals surface area contributed by atoms with E-state index in [1.165, 1.54) is 0 Å². The lowest BCUT2D eigenvalue weighted by atomic mass is 9.96. The number of aromatic nitrogens is 3. The predicted octanol–water partition coefficient (Wildman–Crippen LogP) is 2.62. The van der Waals surface area contributed by atoms with Crippen molar-refractivity contribution >= 4 is 0 Å². The Labute approximate surface area is 148 Å². The van der Waals surface area contributed by atoms with Crippen molar-refractivity contribution in [3.05, 3.63) is 46.3 Å². The molecule has 6 nitrogen and oxygen atoms in total. The predicted molar refractivity (Wildman–Crippen MR) is 96.7 cm³/mol. The lowest BCUT2D eigenvalue weighted by Crippen LogP contribution is -2.37. The number of aryl methyl sites for hydroxylation is 1. The van der Waals surface area contributed by atoms with Gasteiger partial charge in [-0.3, -0.25) is 9.36 Å². The van der Waals surface area contributed by atoms with E-state index < -0.39 is 0 Å². The Bertz CT molecular complexity index is 742. The number of hydrogen-bond donors (Lipinski definition) is 0. The second kappa shape index (κ2) is 7.95. The second-order valence-corrected chi connectivity index (χ2v) is 7.34. The molecule has 0 aliphatic carbocycles. The Balaban J connectivity index is 1.47. The van der Waals surface area contributed by atoms with Crippen LogP contribution >= 0.6 is 0 Å². The molecule has 136 valence electrons. The monoisotopic (exact) mass is 344 g/mol. The molecular weight excluding hydrogens is 316 g/mol. The molecule has 0 amide bonds. The molecule has 2 aromatic rings. The van der Waals surface area contributed by atoms with Gasteiger partial charge in [0.2, 0.25) is 0 Å². The average molecular weight is 344 g/mol. The van der Waals surface area contributed by atoms with E-state index >= 15 is 0 Å². The van der Waals surface area contributed by atoms with Gasteiger partial charge >= 0.3 is 0 Å². The van der Waals surface area contributed by atoms with E-state index in [1.807, 2.05) is 13.1 Å². The fraction of sp³-hybridized carbons (Fsp3) is 0.632. The van der Waals surface area contributed by atoms with Crippen LogP contribution < -0.4 is 5.56 Å². The SMILES string of the molecule is Cc1ncc(CCN2CCC(Cn3cnc(C(C)C)cc3=O)CC2)o1. The third-order valence-corrected chi connectivity index (χ3v) is 5.00. The number of nitrogens with zero attached hydrogens (tertiary/aromatic N) is 4. The van der Waals surface area contributed by atoms with E-state index in [0.717, 1.165) is 62.8 Å². The standard InChI is InChI=1S/C19H28N4O2/c1-14(2)18-10-19(24)23(13-21-18)12-16-4-7-22(8-5-16)9-6-17-11-20-15(3)25-17/h10-11,13-14,16H,4-9,12H2,1-3H3. The second-order valence-electron chi connectivity index (χ2n) is 7.34. The molecule has 6 heteroatoms. The largest absolute Gasteiger partial charge is 0.446 e. The Morgan fingerprint density at radius 3 is 2.64 bits per heavy atom. The zero-order valence-electron chi connectivity index (χ0n) is 15.4. The van der Waals surface area contributed by atoms with E-state index in [9.17, 15) is 4.79 Å². The lowest BCUT2D eigenvalue weighted by Gasteiger charge is -2.31. The third-order valence-electron chi connectivity index (χ3n) is 5.00. The average Bonchev–Trinajstić information content (AvgIpc) is 3.01. The van der Waals surface area contributed by atoms with E-state index in [1.54, 1.807) is 17.0 Å². The summed E-state index contributed by atoms with van der Waals surface area (Å²) in [5.41, 5.74) is 0.945. The van der Waals surface area contributed by atoms with Crippen LogP contribution in [0.15, 0.2) is 27.8 Å². The first-order chi connectivity index (χ1) is 12.0. The Morgan fingerprint density at radius 1 is 1.28 bits per heavy atom. The van der Waals surface area contributed by atoms with Gasteiger partial charge in [-0.1, -0.05) is 13.8 Å². The molecule has 0 aromatic carbocycles. The Hall–Kier alpha value is -1.95. The van der Waals surface area contributed by atoms with Crippen LogP contribution in [0.1, 0.15) is 50.0 Å². The number of hydrogen-bond acceptors (Lipinski definition) is 5. The quantitative estimate of drug-likeness (QED) is 0.806. The van der Waals surface area contributed by atoms with Gasteiger partial charge in [0.05, 0.1) is 18.2 Å². The van der Waals surface area contributed by atoms with E-state index in [0.29, 0.717) is 11.8 Å². The molecule has 1 saturated heterocycles. The van der Waals surface area contributed by atoms with Gasteiger partial charge < -0.3 is 9.32 Å². The van der Waals surface area contributed by atoms with Gasteiger partial charge in [-0.25, -0.2) is 9.97 Å². The maximum atomic E-state index is 12.2. The smallest absolute Gasteiger partial charge is 0.253 e. The van der Waals surface area contributed by atoms with E-state index in [2.05, 4.69) is 28.7 Å². The number of oxazole rings is 1. The summed E-state index contributed by atoms with van der Waals surface area (Å²) >= 11 is 0. The molecule has 1 aliphatic heterocycles. The molecule has 0 N–H and O–H groups in total. The highest BCUT2D eigenvalue weighted by Crippen LogP contribution is 2.19. The normalized spacial score (nSPS) is 16.6. The highest BCUT2D eigenvalue weighted by Gasteiger charge is 2.20. The molecule has 3 heterocycles.